The summed E-state index contributed by atoms with van der Waals surface area (Å²) in [5.41, 5.74) is 5.54. The topological polar surface area (TPSA) is 135 Å². The second-order valence-electron chi connectivity index (χ2n) is 12.4. The van der Waals surface area contributed by atoms with Crippen LogP contribution in [0.2, 0.25) is 24.7 Å². The zero-order valence-corrected chi connectivity index (χ0v) is 29.1. The number of carbonyl (C=O) groups excluding carboxylic acids is 2. The lowest BCUT2D eigenvalue weighted by atomic mass is 10.0. The van der Waals surface area contributed by atoms with E-state index >= 15 is 0 Å². The minimum absolute atomic E-state index is 0.149. The molecule has 12 heteroatoms. The first-order chi connectivity index (χ1) is 23.0. The quantitative estimate of drug-likeness (QED) is 0.0957. The van der Waals surface area contributed by atoms with Gasteiger partial charge in [0.15, 0.2) is 6.29 Å². The highest BCUT2D eigenvalue weighted by Crippen LogP contribution is 2.24. The van der Waals surface area contributed by atoms with Gasteiger partial charge in [0.1, 0.15) is 32.5 Å². The summed E-state index contributed by atoms with van der Waals surface area (Å²) < 4.78 is 17.0. The van der Waals surface area contributed by atoms with Gasteiger partial charge in [-0.2, -0.15) is 0 Å². The van der Waals surface area contributed by atoms with Crippen LogP contribution in [0.5, 0.6) is 5.75 Å². The summed E-state index contributed by atoms with van der Waals surface area (Å²) in [6.07, 6.45) is 1.51. The molecule has 1 heterocycles. The number of rotatable bonds is 13. The van der Waals surface area contributed by atoms with E-state index in [0.29, 0.717) is 41.8 Å². The van der Waals surface area contributed by atoms with Crippen molar-refractivity contribution in [1.29, 1.82) is 0 Å². The SMILES string of the molecule is C[Si](C)(C)C#Cc1ccc(NC(=O)[C@H](Cc2ccccc2)NC(=O)C(NC(=O)O)c2ccc(OCCO[C@H]3CCCCO3)cc2)c(Cl)c1. The van der Waals surface area contributed by atoms with Gasteiger partial charge in [0.2, 0.25) is 11.8 Å². The maximum Gasteiger partial charge on any atom is 0.405 e. The van der Waals surface area contributed by atoms with Crippen molar-refractivity contribution in [2.24, 2.45) is 0 Å². The van der Waals surface area contributed by atoms with E-state index in [1.165, 1.54) is 0 Å². The Labute approximate surface area is 287 Å². The first-order valence-electron chi connectivity index (χ1n) is 15.9. The molecule has 0 aromatic heterocycles. The van der Waals surface area contributed by atoms with E-state index in [1.807, 2.05) is 30.3 Å². The highest BCUT2D eigenvalue weighted by molar-refractivity contribution is 6.83. The van der Waals surface area contributed by atoms with Crippen LogP contribution in [0.3, 0.4) is 0 Å². The molecule has 1 saturated heterocycles. The molecular weight excluding hydrogens is 650 g/mol. The van der Waals surface area contributed by atoms with Gasteiger partial charge >= 0.3 is 6.09 Å². The minimum Gasteiger partial charge on any atom is -0.491 e. The van der Waals surface area contributed by atoms with E-state index in [-0.39, 0.29) is 12.7 Å². The standard InChI is InChI=1S/C36H42ClN3O7Si/c1-48(2,3)22-18-26-12-17-30(29(37)23-26)38-34(41)31(24-25-9-5-4-6-10-25)39-35(42)33(40-36(43)44)27-13-15-28(16-14-27)45-20-21-47-32-11-7-8-19-46-32/h4-6,9-10,12-17,23,31-33,40H,7-8,11,19-21,24H2,1-3H3,(H,38,41)(H,39,42)(H,43,44)/t31-,32-,33?/m0/s1. The van der Waals surface area contributed by atoms with Crippen LogP contribution in [0.25, 0.3) is 0 Å². The van der Waals surface area contributed by atoms with Crippen LogP contribution in [-0.2, 0) is 25.5 Å². The number of hydrogen-bond donors (Lipinski definition) is 4. The fraction of sp³-hybridized carbons (Fsp3) is 0.361. The Morgan fingerprint density at radius 3 is 2.38 bits per heavy atom. The van der Waals surface area contributed by atoms with Crippen LogP contribution in [0.15, 0.2) is 72.8 Å². The van der Waals surface area contributed by atoms with Crippen LogP contribution >= 0.6 is 11.6 Å². The van der Waals surface area contributed by atoms with Crippen molar-refractivity contribution in [3.8, 4) is 17.2 Å². The minimum atomic E-state index is -1.60. The summed E-state index contributed by atoms with van der Waals surface area (Å²) >= 11 is 6.51. The molecule has 48 heavy (non-hydrogen) atoms. The number of carbonyl (C=O) groups is 3. The first kappa shape index (κ1) is 36.5. The molecule has 0 aliphatic carbocycles. The molecule has 4 rings (SSSR count). The van der Waals surface area contributed by atoms with Gasteiger partial charge in [-0.25, -0.2) is 4.79 Å². The van der Waals surface area contributed by atoms with Crippen molar-refractivity contribution in [2.45, 2.75) is 63.7 Å². The molecule has 1 aliphatic heterocycles. The molecule has 0 spiro atoms. The second kappa shape index (κ2) is 17.7. The van der Waals surface area contributed by atoms with Crippen LogP contribution in [0.1, 0.15) is 42.0 Å². The predicted molar refractivity (Wildman–Crippen MR) is 188 cm³/mol. The van der Waals surface area contributed by atoms with Gasteiger partial charge in [0.25, 0.3) is 0 Å². The summed E-state index contributed by atoms with van der Waals surface area (Å²) in [5, 5.41) is 17.7. The van der Waals surface area contributed by atoms with E-state index in [0.717, 1.165) is 30.4 Å². The van der Waals surface area contributed by atoms with E-state index < -0.39 is 38.1 Å². The third-order valence-corrected chi connectivity index (χ3v) is 8.45. The number of halogens is 1. The third-order valence-electron chi connectivity index (χ3n) is 7.26. The van der Waals surface area contributed by atoms with E-state index in [2.05, 4.69) is 47.1 Å². The molecule has 1 unspecified atom stereocenters. The highest BCUT2D eigenvalue weighted by atomic mass is 35.5. The Morgan fingerprint density at radius 2 is 1.73 bits per heavy atom. The summed E-state index contributed by atoms with van der Waals surface area (Å²) in [7, 11) is -1.60. The number of benzene rings is 3. The van der Waals surface area contributed by atoms with Gasteiger partial charge in [0.05, 0.1) is 17.3 Å². The van der Waals surface area contributed by atoms with Crippen molar-refractivity contribution in [3.63, 3.8) is 0 Å². The van der Waals surface area contributed by atoms with Gasteiger partial charge in [-0.3, -0.25) is 9.59 Å². The van der Waals surface area contributed by atoms with Crippen LogP contribution in [0, 0.1) is 11.5 Å². The highest BCUT2D eigenvalue weighted by Gasteiger charge is 2.29. The average molecular weight is 692 g/mol. The molecule has 3 atom stereocenters. The lowest BCUT2D eigenvalue weighted by molar-refractivity contribution is -0.165. The summed E-state index contributed by atoms with van der Waals surface area (Å²) in [6, 6.07) is 18.4. The normalized spacial score (nSPS) is 15.6. The summed E-state index contributed by atoms with van der Waals surface area (Å²) in [5.74, 6) is 2.45. The largest absolute Gasteiger partial charge is 0.491 e. The number of hydrogen-bond acceptors (Lipinski definition) is 6. The zero-order valence-electron chi connectivity index (χ0n) is 27.4. The van der Waals surface area contributed by atoms with Gasteiger partial charge < -0.3 is 35.3 Å². The smallest absolute Gasteiger partial charge is 0.405 e. The zero-order chi connectivity index (χ0) is 34.5. The third kappa shape index (κ3) is 12.0. The molecule has 1 fully saturated rings. The number of nitrogens with one attached hydrogen (secondary N) is 3. The number of ether oxygens (including phenoxy) is 3. The molecule has 10 nitrogen and oxygen atoms in total. The molecule has 254 valence electrons. The molecule has 0 radical (unpaired) electrons. The van der Waals surface area contributed by atoms with Gasteiger partial charge in [-0.1, -0.05) is 79.6 Å². The molecule has 0 saturated carbocycles. The van der Waals surface area contributed by atoms with Gasteiger partial charge in [0, 0.05) is 18.6 Å². The van der Waals surface area contributed by atoms with E-state index in [4.69, 9.17) is 25.8 Å². The number of anilines is 1. The molecule has 3 amide bonds. The van der Waals surface area contributed by atoms with E-state index in [9.17, 15) is 19.5 Å². The second-order valence-corrected chi connectivity index (χ2v) is 17.6. The molecule has 3 aromatic carbocycles. The van der Waals surface area contributed by atoms with Crippen molar-refractivity contribution in [2.75, 3.05) is 25.1 Å². The monoisotopic (exact) mass is 691 g/mol. The van der Waals surface area contributed by atoms with Crippen molar-refractivity contribution in [3.05, 3.63) is 94.5 Å². The Morgan fingerprint density at radius 1 is 0.979 bits per heavy atom. The number of amides is 3. The fourth-order valence-electron chi connectivity index (χ4n) is 4.85. The fourth-order valence-corrected chi connectivity index (χ4v) is 5.60. The van der Waals surface area contributed by atoms with Crippen LogP contribution < -0.4 is 20.7 Å². The van der Waals surface area contributed by atoms with Crippen molar-refractivity contribution < 1.29 is 33.7 Å². The molecule has 0 bridgehead atoms. The summed E-state index contributed by atoms with van der Waals surface area (Å²) in [6.45, 7) is 7.77. The summed E-state index contributed by atoms with van der Waals surface area (Å²) in [4.78, 5) is 39.0. The van der Waals surface area contributed by atoms with Gasteiger partial charge in [-0.05, 0) is 60.7 Å². The lowest BCUT2D eigenvalue weighted by Crippen LogP contribution is -2.49. The van der Waals surface area contributed by atoms with Gasteiger partial charge in [-0.15, -0.1) is 5.54 Å². The van der Waals surface area contributed by atoms with Crippen LogP contribution in [0.4, 0.5) is 10.5 Å². The van der Waals surface area contributed by atoms with Crippen molar-refractivity contribution >= 4 is 43.3 Å². The Kier molecular flexibility index (Phi) is 13.5. The molecule has 3 aromatic rings. The van der Waals surface area contributed by atoms with Crippen LogP contribution in [-0.4, -0.2) is 63.2 Å². The maximum absolute atomic E-state index is 13.6. The Hall–Kier alpha value is -4.34. The first-order valence-corrected chi connectivity index (χ1v) is 19.8. The average Bonchev–Trinajstić information content (AvgIpc) is 3.06. The lowest BCUT2D eigenvalue weighted by Gasteiger charge is -2.23. The predicted octanol–water partition coefficient (Wildman–Crippen LogP) is 6.17. The maximum atomic E-state index is 13.6. The van der Waals surface area contributed by atoms with Crippen molar-refractivity contribution in [1.82, 2.24) is 10.6 Å². The molecule has 1 aliphatic rings. The van der Waals surface area contributed by atoms with E-state index in [1.54, 1.807) is 42.5 Å². The molecular formula is C36H42ClN3O7Si. The Bertz CT molecular complexity index is 1600. The molecule has 4 N–H and O–H groups in total. The Balaban J connectivity index is 1.45. The number of carboxylic acid groups (broad SMARTS) is 1.